The maximum Gasteiger partial charge on any atom is 0.408 e. The van der Waals surface area contributed by atoms with Gasteiger partial charge in [0, 0.05) is 17.7 Å². The van der Waals surface area contributed by atoms with E-state index in [0.717, 1.165) is 11.1 Å². The number of fused-ring (bicyclic) bond motifs is 1. The second kappa shape index (κ2) is 11.1. The van der Waals surface area contributed by atoms with Crippen LogP contribution in [0.1, 0.15) is 48.0 Å². The summed E-state index contributed by atoms with van der Waals surface area (Å²) >= 11 is 0. The Morgan fingerprint density at radius 1 is 1.15 bits per heavy atom. The normalized spacial score (nSPS) is 14.0. The number of aliphatic hydroxyl groups is 1. The van der Waals surface area contributed by atoms with Gasteiger partial charge in [0.05, 0.1) is 47.1 Å². The molecule has 218 valence electrons. The highest BCUT2D eigenvalue weighted by molar-refractivity contribution is 5.75. The number of hydrogen-bond donors (Lipinski definition) is 1. The molecule has 9 nitrogen and oxygen atoms in total. The molecule has 1 atom stereocenters. The topological polar surface area (TPSA) is 102 Å². The number of halogens is 4. The molecule has 0 fully saturated rings. The van der Waals surface area contributed by atoms with Crippen molar-refractivity contribution in [3.05, 3.63) is 58.5 Å². The zero-order valence-electron chi connectivity index (χ0n) is 23.1. The summed E-state index contributed by atoms with van der Waals surface area (Å²) in [6.07, 6.45) is -2.29. The summed E-state index contributed by atoms with van der Waals surface area (Å²) in [6, 6.07) is 4.18. The number of hydrogen-bond acceptors (Lipinski definition) is 8. The fraction of sp³-hybridized carbons (Fsp3) is 0.429. The highest BCUT2D eigenvalue weighted by Gasteiger charge is 2.34. The highest BCUT2D eigenvalue weighted by atomic mass is 19.4. The average molecular weight is 575 g/mol. The molecule has 5 rings (SSSR count). The number of ether oxygens (including phenoxy) is 1. The Bertz CT molecular complexity index is 1550. The Balaban J connectivity index is 1.57. The Labute approximate surface area is 233 Å². The molecule has 0 saturated heterocycles. The van der Waals surface area contributed by atoms with Gasteiger partial charge in [-0.1, -0.05) is 18.5 Å². The lowest BCUT2D eigenvalue weighted by Crippen LogP contribution is -2.23. The van der Waals surface area contributed by atoms with Gasteiger partial charge in [-0.15, -0.1) is 0 Å². The predicted octanol–water partition coefficient (Wildman–Crippen LogP) is 5.68. The van der Waals surface area contributed by atoms with E-state index in [4.69, 9.17) is 19.2 Å². The van der Waals surface area contributed by atoms with Crippen LogP contribution in [0.25, 0.3) is 22.6 Å². The molecular weight excluding hydrogens is 544 g/mol. The number of benzene rings is 1. The lowest BCUT2D eigenvalue weighted by atomic mass is 10.0. The minimum Gasteiger partial charge on any atom is -0.491 e. The van der Waals surface area contributed by atoms with Crippen molar-refractivity contribution < 1.29 is 31.9 Å². The van der Waals surface area contributed by atoms with E-state index >= 15 is 4.39 Å². The van der Waals surface area contributed by atoms with Crippen LogP contribution >= 0.6 is 0 Å². The minimum atomic E-state index is -4.42. The van der Waals surface area contributed by atoms with Crippen molar-refractivity contribution in [1.29, 1.82) is 0 Å². The van der Waals surface area contributed by atoms with Crippen molar-refractivity contribution in [2.45, 2.75) is 72.5 Å². The molecule has 1 N–H and O–H groups in total. The van der Waals surface area contributed by atoms with Crippen LogP contribution in [0.3, 0.4) is 0 Å². The zero-order chi connectivity index (χ0) is 29.5. The van der Waals surface area contributed by atoms with Gasteiger partial charge in [-0.05, 0) is 45.4 Å². The first-order valence-corrected chi connectivity index (χ1v) is 13.2. The first kappa shape index (κ1) is 28.5. The summed E-state index contributed by atoms with van der Waals surface area (Å²) in [5.74, 6) is 0.752. The molecule has 0 aliphatic carbocycles. The van der Waals surface area contributed by atoms with E-state index in [9.17, 15) is 18.3 Å². The largest absolute Gasteiger partial charge is 0.491 e. The molecule has 0 bridgehead atoms. The second-order valence-electron chi connectivity index (χ2n) is 10.2. The molecule has 1 aromatic carbocycles. The van der Waals surface area contributed by atoms with Gasteiger partial charge in [0.25, 0.3) is 0 Å². The van der Waals surface area contributed by atoms with Crippen LogP contribution in [-0.2, 0) is 19.6 Å². The van der Waals surface area contributed by atoms with Gasteiger partial charge in [-0.3, -0.25) is 4.68 Å². The molecule has 1 aliphatic rings. The molecule has 0 radical (unpaired) electrons. The Kier molecular flexibility index (Phi) is 7.73. The molecule has 41 heavy (non-hydrogen) atoms. The van der Waals surface area contributed by atoms with Gasteiger partial charge in [0.15, 0.2) is 5.82 Å². The molecule has 0 saturated carbocycles. The van der Waals surface area contributed by atoms with E-state index < -0.39 is 24.6 Å². The van der Waals surface area contributed by atoms with Crippen LogP contribution in [0.15, 0.2) is 28.9 Å². The number of nitrogens with zero attached hydrogens (tertiary/aromatic N) is 6. The maximum atomic E-state index is 15.2. The fourth-order valence-corrected chi connectivity index (χ4v) is 5.03. The number of alkyl halides is 3. The number of rotatable bonds is 9. The number of aliphatic hydroxyl groups excluding tert-OH is 1. The second-order valence-corrected chi connectivity index (χ2v) is 10.2. The van der Waals surface area contributed by atoms with Crippen molar-refractivity contribution >= 4 is 5.82 Å². The van der Waals surface area contributed by atoms with Crippen molar-refractivity contribution in [3.63, 3.8) is 0 Å². The fourth-order valence-electron chi connectivity index (χ4n) is 5.03. The van der Waals surface area contributed by atoms with Crippen LogP contribution in [0.2, 0.25) is 0 Å². The number of aryl methyl sites for hydroxylation is 2. The highest BCUT2D eigenvalue weighted by Crippen LogP contribution is 2.38. The van der Waals surface area contributed by atoms with Crippen molar-refractivity contribution in [2.24, 2.45) is 0 Å². The van der Waals surface area contributed by atoms with Gasteiger partial charge in [0.1, 0.15) is 36.3 Å². The van der Waals surface area contributed by atoms with Crippen molar-refractivity contribution in [3.8, 4) is 28.4 Å². The molecule has 4 heterocycles. The smallest absolute Gasteiger partial charge is 0.408 e. The minimum absolute atomic E-state index is 0.0459. The predicted molar refractivity (Wildman–Crippen MR) is 142 cm³/mol. The molecule has 4 aromatic rings. The van der Waals surface area contributed by atoms with Crippen LogP contribution in [0, 0.1) is 26.6 Å². The summed E-state index contributed by atoms with van der Waals surface area (Å²) in [4.78, 5) is 11.3. The molecule has 0 amide bonds. The van der Waals surface area contributed by atoms with E-state index in [2.05, 4.69) is 10.3 Å². The van der Waals surface area contributed by atoms with Crippen molar-refractivity contribution in [2.75, 3.05) is 11.5 Å². The standard InChI is InChI=1S/C28H30F4N6O3/c1-5-6-19(39)13-40-20-7-8-22(29)21(9-20)26-34-25(24-16(3)36-41-17(24)4)15(2)27(35-26)37-11-18-10-33-38(23(18)12-37)14-28(30,31)32/h7-10,19,39H,5-6,11-14H2,1-4H3/t19-/m1/s1. The van der Waals surface area contributed by atoms with E-state index in [1.807, 2.05) is 11.8 Å². The van der Waals surface area contributed by atoms with Gasteiger partial charge >= 0.3 is 6.18 Å². The first-order chi connectivity index (χ1) is 19.4. The Morgan fingerprint density at radius 2 is 1.93 bits per heavy atom. The monoisotopic (exact) mass is 574 g/mol. The van der Waals surface area contributed by atoms with Gasteiger partial charge in [-0.25, -0.2) is 14.4 Å². The third-order valence-electron chi connectivity index (χ3n) is 7.00. The molecule has 1 aliphatic heterocycles. The van der Waals surface area contributed by atoms with Crippen molar-refractivity contribution in [1.82, 2.24) is 24.9 Å². The van der Waals surface area contributed by atoms with Gasteiger partial charge < -0.3 is 19.3 Å². The Hall–Kier alpha value is -4.00. The number of aromatic nitrogens is 5. The third kappa shape index (κ3) is 5.90. The lowest BCUT2D eigenvalue weighted by Gasteiger charge is -2.22. The quantitative estimate of drug-likeness (QED) is 0.255. The summed E-state index contributed by atoms with van der Waals surface area (Å²) in [7, 11) is 0. The van der Waals surface area contributed by atoms with Crippen LogP contribution in [0.5, 0.6) is 5.75 Å². The molecular formula is C28H30F4N6O3. The zero-order valence-corrected chi connectivity index (χ0v) is 23.1. The Morgan fingerprint density at radius 3 is 2.61 bits per heavy atom. The average Bonchev–Trinajstić information content (AvgIpc) is 3.59. The molecule has 0 spiro atoms. The SMILES string of the molecule is CCC[C@@H](O)COc1ccc(F)c(-c2nc(-c3c(C)noc3C)c(C)c(N3Cc4cnn(CC(F)(F)F)c4C3)n2)c1. The van der Waals surface area contributed by atoms with Crippen LogP contribution in [-0.4, -0.2) is 48.9 Å². The summed E-state index contributed by atoms with van der Waals surface area (Å²) in [6.45, 7) is 6.51. The molecule has 0 unspecified atom stereocenters. The third-order valence-corrected chi connectivity index (χ3v) is 7.00. The summed E-state index contributed by atoms with van der Waals surface area (Å²) < 4.78 is 66.7. The van der Waals surface area contributed by atoms with Gasteiger partial charge in [0.2, 0.25) is 0 Å². The molecule has 3 aromatic heterocycles. The molecule has 13 heteroatoms. The van der Waals surface area contributed by atoms with E-state index in [1.54, 1.807) is 20.8 Å². The van der Waals surface area contributed by atoms with Crippen LogP contribution < -0.4 is 9.64 Å². The van der Waals surface area contributed by atoms with E-state index in [1.165, 1.54) is 24.4 Å². The van der Waals surface area contributed by atoms with E-state index in [-0.39, 0.29) is 31.1 Å². The lowest BCUT2D eigenvalue weighted by molar-refractivity contribution is -0.143. The number of anilines is 1. The first-order valence-electron chi connectivity index (χ1n) is 13.2. The summed E-state index contributed by atoms with van der Waals surface area (Å²) in [5, 5.41) is 18.0. The maximum absolute atomic E-state index is 15.2. The van der Waals surface area contributed by atoms with E-state index in [0.29, 0.717) is 57.5 Å². The van der Waals surface area contributed by atoms with Gasteiger partial charge in [-0.2, -0.15) is 18.3 Å². The van der Waals surface area contributed by atoms with Crippen LogP contribution in [0.4, 0.5) is 23.4 Å². The summed E-state index contributed by atoms with van der Waals surface area (Å²) in [5.41, 5.74) is 3.48.